The average Bonchev–Trinajstić information content (AvgIpc) is 3.32. The van der Waals surface area contributed by atoms with E-state index >= 15 is 0 Å². The second-order valence-corrected chi connectivity index (χ2v) is 8.27. The van der Waals surface area contributed by atoms with Crippen molar-refractivity contribution in [3.63, 3.8) is 0 Å². The number of carbonyl (C=O) groups is 3. The lowest BCUT2D eigenvalue weighted by Gasteiger charge is -2.29. The Morgan fingerprint density at radius 2 is 1.51 bits per heavy atom. The van der Waals surface area contributed by atoms with Crippen LogP contribution >= 0.6 is 12.4 Å². The number of imide groups is 1. The van der Waals surface area contributed by atoms with Crippen molar-refractivity contribution in [2.24, 2.45) is 0 Å². The summed E-state index contributed by atoms with van der Waals surface area (Å²) in [4.78, 5) is 41.7. The molecule has 0 spiro atoms. The number of fused-ring (bicyclic) bond motifs is 1. The summed E-state index contributed by atoms with van der Waals surface area (Å²) in [7, 11) is 1.67. The Labute approximate surface area is 211 Å². The van der Waals surface area contributed by atoms with E-state index in [9.17, 15) is 14.4 Å². The topological polar surface area (TPSA) is 90.5 Å². The third-order valence-corrected chi connectivity index (χ3v) is 6.02. The molecule has 4 rings (SSSR count). The summed E-state index contributed by atoms with van der Waals surface area (Å²) in [5.41, 5.74) is 2.96. The highest BCUT2D eigenvalue weighted by molar-refractivity contribution is 6.19. The molecule has 3 aromatic carbocycles. The number of benzene rings is 3. The second kappa shape index (κ2) is 11.6. The van der Waals surface area contributed by atoms with Crippen LogP contribution in [0.1, 0.15) is 24.1 Å². The number of rotatable bonds is 7. The first kappa shape index (κ1) is 25.9. The number of nitrogens with zero attached hydrogens (tertiary/aromatic N) is 1. The van der Waals surface area contributed by atoms with E-state index < -0.39 is 24.0 Å². The number of anilines is 2. The van der Waals surface area contributed by atoms with Gasteiger partial charge in [-0.05, 0) is 43.3 Å². The molecule has 3 aromatic rings. The monoisotopic (exact) mass is 492 g/mol. The van der Waals surface area contributed by atoms with E-state index in [0.717, 1.165) is 11.3 Å². The molecule has 0 radical (unpaired) electrons. The molecule has 0 fully saturated rings. The molecule has 1 aliphatic rings. The fourth-order valence-electron chi connectivity index (χ4n) is 4.00. The van der Waals surface area contributed by atoms with E-state index in [-0.39, 0.29) is 24.2 Å². The Balaban J connectivity index is 0.00000342. The zero-order valence-electron chi connectivity index (χ0n) is 19.6. The number of carbonyl (C=O) groups excluding carboxylic acids is 3. The molecule has 0 saturated carbocycles. The second-order valence-electron chi connectivity index (χ2n) is 8.27. The molecule has 1 heterocycles. The van der Waals surface area contributed by atoms with Gasteiger partial charge in [0.1, 0.15) is 12.1 Å². The van der Waals surface area contributed by atoms with Crippen molar-refractivity contribution < 1.29 is 14.4 Å². The van der Waals surface area contributed by atoms with Crippen molar-refractivity contribution in [3.8, 4) is 0 Å². The third kappa shape index (κ3) is 5.70. The van der Waals surface area contributed by atoms with Gasteiger partial charge in [-0.3, -0.25) is 14.4 Å². The van der Waals surface area contributed by atoms with Gasteiger partial charge in [0, 0.05) is 12.1 Å². The first-order valence-electron chi connectivity index (χ1n) is 11.3. The maximum Gasteiger partial charge on any atom is 0.261 e. The summed E-state index contributed by atoms with van der Waals surface area (Å²) in [6, 6.07) is 23.4. The molecule has 3 atom stereocenters. The summed E-state index contributed by atoms with van der Waals surface area (Å²) >= 11 is 0. The van der Waals surface area contributed by atoms with Crippen molar-refractivity contribution in [2.45, 2.75) is 31.5 Å². The lowest BCUT2D eigenvalue weighted by molar-refractivity contribution is -0.132. The minimum atomic E-state index is -1.03. The average molecular weight is 493 g/mol. The van der Waals surface area contributed by atoms with Gasteiger partial charge in [-0.1, -0.05) is 66.7 Å². The molecule has 0 unspecified atom stereocenters. The highest BCUT2D eigenvalue weighted by atomic mass is 35.5. The number of hydrogen-bond acceptors (Lipinski definition) is 5. The Morgan fingerprint density at radius 3 is 2.14 bits per heavy atom. The van der Waals surface area contributed by atoms with Gasteiger partial charge in [0.2, 0.25) is 5.91 Å². The molecule has 0 aliphatic carbocycles. The maximum absolute atomic E-state index is 14.0. The zero-order chi connectivity index (χ0) is 24.1. The van der Waals surface area contributed by atoms with Gasteiger partial charge in [-0.2, -0.15) is 0 Å². The van der Waals surface area contributed by atoms with Gasteiger partial charge in [0.05, 0.1) is 11.7 Å². The summed E-state index contributed by atoms with van der Waals surface area (Å²) in [5, 5.41) is 8.96. The van der Waals surface area contributed by atoms with Crippen molar-refractivity contribution in [3.05, 3.63) is 96.1 Å². The predicted molar refractivity (Wildman–Crippen MR) is 140 cm³/mol. The fourth-order valence-corrected chi connectivity index (χ4v) is 4.00. The van der Waals surface area contributed by atoms with Crippen LogP contribution in [0.3, 0.4) is 0 Å². The van der Waals surface area contributed by atoms with E-state index in [0.29, 0.717) is 17.7 Å². The van der Waals surface area contributed by atoms with Gasteiger partial charge >= 0.3 is 0 Å². The fraction of sp³-hybridized carbons (Fsp3) is 0.222. The largest absolute Gasteiger partial charge is 0.373 e. The summed E-state index contributed by atoms with van der Waals surface area (Å²) in [6.07, 6.45) is 0.477. The Bertz CT molecular complexity index is 1150. The smallest absolute Gasteiger partial charge is 0.261 e. The molecule has 35 heavy (non-hydrogen) atoms. The maximum atomic E-state index is 14.0. The molecule has 7 nitrogen and oxygen atoms in total. The van der Waals surface area contributed by atoms with Crippen LogP contribution in [0.4, 0.5) is 11.4 Å². The number of nitrogens with one attached hydrogen (secondary N) is 3. The quantitative estimate of drug-likeness (QED) is 0.470. The highest BCUT2D eigenvalue weighted by Crippen LogP contribution is 2.29. The molecule has 3 N–H and O–H groups in total. The minimum Gasteiger partial charge on any atom is -0.373 e. The van der Waals surface area contributed by atoms with Crippen LogP contribution in [-0.2, 0) is 20.8 Å². The SMILES string of the molecule is CN[C@@H](C)C(=O)N[C@H](C(=O)N(C(=O)[C@@H]1Cc2ccccc2N1)c1ccccc1)c1ccccc1.Cl. The van der Waals surface area contributed by atoms with Gasteiger partial charge < -0.3 is 16.0 Å². The number of para-hydroxylation sites is 2. The van der Waals surface area contributed by atoms with Crippen molar-refractivity contribution >= 4 is 41.5 Å². The molecule has 8 heteroatoms. The predicted octanol–water partition coefficient (Wildman–Crippen LogP) is 3.47. The van der Waals surface area contributed by atoms with Gasteiger partial charge in [-0.15, -0.1) is 12.4 Å². The van der Waals surface area contributed by atoms with Gasteiger partial charge in [0.25, 0.3) is 11.8 Å². The van der Waals surface area contributed by atoms with Crippen LogP contribution < -0.4 is 20.9 Å². The molecule has 1 aliphatic heterocycles. The van der Waals surface area contributed by atoms with Crippen LogP contribution in [0.2, 0.25) is 0 Å². The standard InChI is InChI=1S/C27H28N4O3.ClH/c1-18(28-2)25(32)30-24(19-11-5-3-6-12-19)27(34)31(21-14-7-4-8-15-21)26(33)23-17-20-13-9-10-16-22(20)29-23;/h3-16,18,23-24,28-29H,17H2,1-2H3,(H,30,32);1H/t18-,23-,24-;/m0./s1. The van der Waals surface area contributed by atoms with E-state index in [1.54, 1.807) is 62.5 Å². The van der Waals surface area contributed by atoms with Crippen LogP contribution in [0, 0.1) is 0 Å². The number of halogens is 1. The van der Waals surface area contributed by atoms with Gasteiger partial charge in [-0.25, -0.2) is 4.90 Å². The van der Waals surface area contributed by atoms with E-state index in [2.05, 4.69) is 16.0 Å². The Kier molecular flexibility index (Phi) is 8.63. The molecule has 0 bridgehead atoms. The molecule has 0 aromatic heterocycles. The minimum absolute atomic E-state index is 0. The number of amides is 3. The molecular weight excluding hydrogens is 464 g/mol. The van der Waals surface area contributed by atoms with Crippen molar-refractivity contribution in [1.29, 1.82) is 0 Å². The molecule has 0 saturated heterocycles. The van der Waals surface area contributed by atoms with Crippen LogP contribution in [0.25, 0.3) is 0 Å². The third-order valence-electron chi connectivity index (χ3n) is 6.02. The first-order chi connectivity index (χ1) is 16.5. The first-order valence-corrected chi connectivity index (χ1v) is 11.3. The number of hydrogen-bond donors (Lipinski definition) is 3. The lowest BCUT2D eigenvalue weighted by atomic mass is 10.0. The van der Waals surface area contributed by atoms with Crippen LogP contribution in [-0.4, -0.2) is 36.9 Å². The van der Waals surface area contributed by atoms with E-state index in [4.69, 9.17) is 0 Å². The Hall–Kier alpha value is -3.68. The van der Waals surface area contributed by atoms with Crippen LogP contribution in [0.5, 0.6) is 0 Å². The highest BCUT2D eigenvalue weighted by Gasteiger charge is 2.38. The van der Waals surface area contributed by atoms with Crippen molar-refractivity contribution in [2.75, 3.05) is 17.3 Å². The Morgan fingerprint density at radius 1 is 0.914 bits per heavy atom. The molecule has 3 amide bonds. The summed E-state index contributed by atoms with van der Waals surface area (Å²) in [5.74, 6) is -1.22. The van der Waals surface area contributed by atoms with Crippen LogP contribution in [0.15, 0.2) is 84.9 Å². The lowest BCUT2D eigenvalue weighted by Crippen LogP contribution is -2.52. The number of likely N-dealkylation sites (N-methyl/N-ethyl adjacent to an activating group) is 1. The summed E-state index contributed by atoms with van der Waals surface area (Å²) < 4.78 is 0. The zero-order valence-corrected chi connectivity index (χ0v) is 20.4. The van der Waals surface area contributed by atoms with E-state index in [1.165, 1.54) is 4.90 Å². The summed E-state index contributed by atoms with van der Waals surface area (Å²) in [6.45, 7) is 1.71. The van der Waals surface area contributed by atoms with Crippen molar-refractivity contribution in [1.82, 2.24) is 10.6 Å². The molecule has 182 valence electrons. The van der Waals surface area contributed by atoms with Gasteiger partial charge in [0.15, 0.2) is 0 Å². The molecular formula is C27H29ClN4O3. The normalized spacial score (nSPS) is 15.5. The van der Waals surface area contributed by atoms with E-state index in [1.807, 2.05) is 36.4 Å².